The largest absolute Gasteiger partial charge is 0.383 e. The lowest BCUT2D eigenvalue weighted by atomic mass is 10.2. The second-order valence-electron chi connectivity index (χ2n) is 2.94. The van der Waals surface area contributed by atoms with Crippen LogP contribution in [0.25, 0.3) is 0 Å². The van der Waals surface area contributed by atoms with Crippen molar-refractivity contribution >= 4 is 11.4 Å². The fourth-order valence-electron chi connectivity index (χ4n) is 0.952. The molecule has 0 aliphatic rings. The Labute approximate surface area is 71.8 Å². The van der Waals surface area contributed by atoms with Gasteiger partial charge in [0.05, 0.1) is 0 Å². The van der Waals surface area contributed by atoms with Gasteiger partial charge in [-0.25, -0.2) is 0 Å². The molecule has 0 amide bonds. The van der Waals surface area contributed by atoms with E-state index >= 15 is 0 Å². The topological polar surface area (TPSA) is 41.5 Å². The highest BCUT2D eigenvalue weighted by molar-refractivity contribution is 5.50. The predicted octanol–water partition coefficient (Wildman–Crippen LogP) is 2.90. The van der Waals surface area contributed by atoms with Gasteiger partial charge >= 0.3 is 0 Å². The number of rotatable bonds is 3. The zero-order chi connectivity index (χ0) is 8.97. The van der Waals surface area contributed by atoms with Crippen molar-refractivity contribution in [2.75, 3.05) is 5.32 Å². The summed E-state index contributed by atoms with van der Waals surface area (Å²) in [5.41, 5.74) is 1.47. The average Bonchev–Trinajstić information content (AvgIpc) is 2.05. The van der Waals surface area contributed by atoms with Crippen LogP contribution in [-0.2, 0) is 0 Å². The Balaban J connectivity index is 2.71. The molecule has 64 valence electrons. The van der Waals surface area contributed by atoms with Crippen LogP contribution >= 0.6 is 0 Å². The first-order valence-electron chi connectivity index (χ1n) is 3.92. The molecule has 1 N–H and O–H groups in total. The van der Waals surface area contributed by atoms with Gasteiger partial charge in [-0.2, -0.15) is 0 Å². The van der Waals surface area contributed by atoms with E-state index < -0.39 is 0 Å². The zero-order valence-electron chi connectivity index (χ0n) is 7.24. The lowest BCUT2D eigenvalue weighted by molar-refractivity contribution is 0.900. The third kappa shape index (κ3) is 2.34. The fourth-order valence-corrected chi connectivity index (χ4v) is 0.952. The van der Waals surface area contributed by atoms with Gasteiger partial charge in [0.15, 0.2) is 0 Å². The summed E-state index contributed by atoms with van der Waals surface area (Å²) in [7, 11) is 0. The maximum Gasteiger partial charge on any atom is 0.108 e. The first kappa shape index (κ1) is 8.71. The Kier molecular flexibility index (Phi) is 2.80. The number of hydrogen-bond donors (Lipinski definition) is 1. The van der Waals surface area contributed by atoms with Crippen LogP contribution in [0.4, 0.5) is 11.4 Å². The molecule has 0 aromatic heterocycles. The molecule has 3 nitrogen and oxygen atoms in total. The first-order valence-corrected chi connectivity index (χ1v) is 3.92. The summed E-state index contributed by atoms with van der Waals surface area (Å²) in [6.07, 6.45) is 0. The van der Waals surface area contributed by atoms with Gasteiger partial charge in [0.25, 0.3) is 0 Å². The van der Waals surface area contributed by atoms with E-state index in [1.54, 1.807) is 12.1 Å². The molecule has 0 saturated carbocycles. The van der Waals surface area contributed by atoms with E-state index in [1.165, 1.54) is 0 Å². The molecule has 3 heteroatoms. The van der Waals surface area contributed by atoms with Gasteiger partial charge in [-0.05, 0) is 43.3 Å². The highest BCUT2D eigenvalue weighted by atomic mass is 16.3. The summed E-state index contributed by atoms with van der Waals surface area (Å²) in [5.74, 6) is 0. The molecular weight excluding hydrogens is 152 g/mol. The van der Waals surface area contributed by atoms with Crippen molar-refractivity contribution in [3.05, 3.63) is 29.2 Å². The number of benzene rings is 1. The SMILES string of the molecule is CC(C)Nc1ccc(N=O)cc1. The molecule has 0 radical (unpaired) electrons. The third-order valence-corrected chi connectivity index (χ3v) is 1.43. The third-order valence-electron chi connectivity index (χ3n) is 1.43. The molecule has 0 atom stereocenters. The Morgan fingerprint density at radius 1 is 1.25 bits per heavy atom. The maximum absolute atomic E-state index is 10.1. The monoisotopic (exact) mass is 164 g/mol. The van der Waals surface area contributed by atoms with E-state index in [4.69, 9.17) is 0 Å². The Morgan fingerprint density at radius 3 is 2.25 bits per heavy atom. The molecule has 0 fully saturated rings. The Bertz CT molecular complexity index is 254. The van der Waals surface area contributed by atoms with Gasteiger partial charge in [0.1, 0.15) is 5.69 Å². The molecule has 1 aromatic carbocycles. The summed E-state index contributed by atoms with van der Waals surface area (Å²) in [5, 5.41) is 6.03. The summed E-state index contributed by atoms with van der Waals surface area (Å²) in [6, 6.07) is 7.48. The van der Waals surface area contributed by atoms with Crippen LogP contribution in [0.3, 0.4) is 0 Å². The lowest BCUT2D eigenvalue weighted by Crippen LogP contribution is -2.08. The first-order chi connectivity index (χ1) is 5.72. The minimum absolute atomic E-state index is 0.403. The highest BCUT2D eigenvalue weighted by Gasteiger charge is 1.94. The molecular formula is C9H12N2O. The molecule has 0 aliphatic heterocycles. The Morgan fingerprint density at radius 2 is 1.83 bits per heavy atom. The van der Waals surface area contributed by atoms with Crippen LogP contribution in [0, 0.1) is 4.91 Å². The van der Waals surface area contributed by atoms with Gasteiger partial charge < -0.3 is 5.32 Å². The van der Waals surface area contributed by atoms with Gasteiger partial charge in [-0.15, -0.1) is 4.91 Å². The molecule has 0 spiro atoms. The van der Waals surface area contributed by atoms with Crippen LogP contribution in [0.15, 0.2) is 29.4 Å². The highest BCUT2D eigenvalue weighted by Crippen LogP contribution is 2.15. The van der Waals surface area contributed by atoms with Gasteiger partial charge in [0.2, 0.25) is 0 Å². The van der Waals surface area contributed by atoms with E-state index in [9.17, 15) is 4.91 Å². The summed E-state index contributed by atoms with van der Waals surface area (Å²) >= 11 is 0. The molecule has 1 rings (SSSR count). The van der Waals surface area contributed by atoms with Crippen molar-refractivity contribution in [3.8, 4) is 0 Å². The van der Waals surface area contributed by atoms with Gasteiger partial charge in [-0.3, -0.25) is 0 Å². The van der Waals surface area contributed by atoms with E-state index in [-0.39, 0.29) is 0 Å². The van der Waals surface area contributed by atoms with Crippen LogP contribution in [0.2, 0.25) is 0 Å². The predicted molar refractivity (Wildman–Crippen MR) is 50.7 cm³/mol. The van der Waals surface area contributed by atoms with Crippen LogP contribution in [0.1, 0.15) is 13.8 Å². The van der Waals surface area contributed by atoms with Crippen LogP contribution in [0.5, 0.6) is 0 Å². The number of nitroso groups, excluding NO2 is 1. The standard InChI is InChI=1S/C9H12N2O/c1-7(2)10-8-3-5-9(11-12)6-4-8/h3-7,10H,1-2H3. The number of nitrogens with one attached hydrogen (secondary N) is 1. The summed E-state index contributed by atoms with van der Waals surface area (Å²) in [6.45, 7) is 4.12. The summed E-state index contributed by atoms with van der Waals surface area (Å²) < 4.78 is 0. The second-order valence-corrected chi connectivity index (χ2v) is 2.94. The molecule has 1 aromatic rings. The number of hydrogen-bond acceptors (Lipinski definition) is 3. The minimum Gasteiger partial charge on any atom is -0.383 e. The maximum atomic E-state index is 10.1. The van der Waals surface area contributed by atoms with Crippen LogP contribution in [-0.4, -0.2) is 6.04 Å². The van der Waals surface area contributed by atoms with Gasteiger partial charge in [-0.1, -0.05) is 0 Å². The lowest BCUT2D eigenvalue weighted by Gasteiger charge is -2.08. The second kappa shape index (κ2) is 3.85. The van der Waals surface area contributed by atoms with Crippen LogP contribution < -0.4 is 5.32 Å². The van der Waals surface area contributed by atoms with Gasteiger partial charge in [0, 0.05) is 11.7 Å². The smallest absolute Gasteiger partial charge is 0.108 e. The van der Waals surface area contributed by atoms with Crippen molar-refractivity contribution in [2.24, 2.45) is 5.18 Å². The van der Waals surface area contributed by atoms with Crippen molar-refractivity contribution < 1.29 is 0 Å². The van der Waals surface area contributed by atoms with E-state index in [2.05, 4.69) is 24.3 Å². The Hall–Kier alpha value is -1.38. The van der Waals surface area contributed by atoms with E-state index in [1.807, 2.05) is 12.1 Å². The zero-order valence-corrected chi connectivity index (χ0v) is 7.24. The average molecular weight is 164 g/mol. The number of anilines is 1. The van der Waals surface area contributed by atoms with Crippen molar-refractivity contribution in [2.45, 2.75) is 19.9 Å². The molecule has 0 unspecified atom stereocenters. The quantitative estimate of drug-likeness (QED) is 0.698. The fraction of sp³-hybridized carbons (Fsp3) is 0.333. The van der Waals surface area contributed by atoms with Crippen molar-refractivity contribution in [1.82, 2.24) is 0 Å². The van der Waals surface area contributed by atoms with E-state index in [0.717, 1.165) is 5.69 Å². The normalized spacial score (nSPS) is 9.92. The number of nitrogens with zero attached hydrogens (tertiary/aromatic N) is 1. The van der Waals surface area contributed by atoms with Crippen molar-refractivity contribution in [1.29, 1.82) is 0 Å². The minimum atomic E-state index is 0.403. The van der Waals surface area contributed by atoms with E-state index in [0.29, 0.717) is 11.7 Å². The molecule has 0 aliphatic carbocycles. The van der Waals surface area contributed by atoms with Crippen molar-refractivity contribution in [3.63, 3.8) is 0 Å². The molecule has 0 heterocycles. The summed E-state index contributed by atoms with van der Waals surface area (Å²) in [4.78, 5) is 10.1. The molecule has 12 heavy (non-hydrogen) atoms. The molecule has 0 bridgehead atoms. The molecule has 0 saturated heterocycles.